The lowest BCUT2D eigenvalue weighted by molar-refractivity contribution is 0.990. The van der Waals surface area contributed by atoms with Crippen molar-refractivity contribution in [2.45, 2.75) is 6.92 Å². The van der Waals surface area contributed by atoms with Crippen molar-refractivity contribution in [3.8, 4) is 6.07 Å². The minimum absolute atomic E-state index is 0.0940. The fourth-order valence-corrected chi connectivity index (χ4v) is 2.05. The maximum atomic E-state index is 11.8. The minimum Gasteiger partial charge on any atom is -0.338 e. The summed E-state index contributed by atoms with van der Waals surface area (Å²) in [5.74, 6) is 0. The van der Waals surface area contributed by atoms with Crippen LogP contribution in [0.15, 0.2) is 27.8 Å². The molecule has 0 aliphatic heterocycles. The van der Waals surface area contributed by atoms with Gasteiger partial charge in [-0.15, -0.1) is 0 Å². The highest BCUT2D eigenvalue weighted by molar-refractivity contribution is 5.82. The lowest BCUT2D eigenvalue weighted by atomic mass is 10.2. The van der Waals surface area contributed by atoms with Crippen molar-refractivity contribution < 1.29 is 0 Å². The fourth-order valence-electron chi connectivity index (χ4n) is 2.05. The molecule has 0 saturated carbocycles. The van der Waals surface area contributed by atoms with Gasteiger partial charge in [0.1, 0.15) is 11.7 Å². The van der Waals surface area contributed by atoms with Gasteiger partial charge in [0.2, 0.25) is 0 Å². The number of benzene rings is 1. The minimum atomic E-state index is -0.675. The zero-order chi connectivity index (χ0) is 12.9. The number of nitriles is 1. The Morgan fingerprint density at radius 3 is 2.78 bits per heavy atom. The first-order chi connectivity index (χ1) is 8.61. The Morgan fingerprint density at radius 1 is 1.28 bits per heavy atom. The monoisotopic (exact) mass is 240 g/mol. The average Bonchev–Trinajstić information content (AvgIpc) is 2.68. The van der Waals surface area contributed by atoms with Crippen LogP contribution in [0.25, 0.3) is 16.7 Å². The van der Waals surface area contributed by atoms with E-state index in [1.165, 1.54) is 4.40 Å². The van der Waals surface area contributed by atoms with Crippen molar-refractivity contribution in [2.75, 3.05) is 0 Å². The van der Waals surface area contributed by atoms with Crippen molar-refractivity contribution in [1.82, 2.24) is 14.4 Å². The quantitative estimate of drug-likeness (QED) is 0.604. The molecule has 18 heavy (non-hydrogen) atoms. The number of fused-ring (bicyclic) bond motifs is 3. The zero-order valence-electron chi connectivity index (χ0n) is 9.44. The van der Waals surface area contributed by atoms with Crippen LogP contribution in [-0.2, 0) is 0 Å². The number of hydrogen-bond acceptors (Lipinski definition) is 3. The van der Waals surface area contributed by atoms with Crippen LogP contribution in [0.5, 0.6) is 0 Å². The van der Waals surface area contributed by atoms with Gasteiger partial charge in [-0.3, -0.25) is 9.78 Å². The number of aromatic amines is 2. The molecule has 6 nitrogen and oxygen atoms in total. The molecule has 0 atom stereocenters. The second-order valence-electron chi connectivity index (χ2n) is 4.08. The number of aryl methyl sites for hydroxylation is 1. The van der Waals surface area contributed by atoms with E-state index in [0.29, 0.717) is 11.0 Å². The molecular formula is C12H8N4O2. The van der Waals surface area contributed by atoms with E-state index < -0.39 is 11.2 Å². The van der Waals surface area contributed by atoms with E-state index >= 15 is 0 Å². The Hall–Kier alpha value is -2.81. The predicted molar refractivity (Wildman–Crippen MR) is 65.6 cm³/mol. The molecule has 2 N–H and O–H groups in total. The molecule has 0 bridgehead atoms. The molecule has 0 spiro atoms. The fraction of sp³-hybridized carbons (Fsp3) is 0.0833. The summed E-state index contributed by atoms with van der Waals surface area (Å²) in [6.45, 7) is 1.90. The lowest BCUT2D eigenvalue weighted by Crippen LogP contribution is -2.27. The van der Waals surface area contributed by atoms with Crippen molar-refractivity contribution in [3.63, 3.8) is 0 Å². The molecule has 0 saturated heterocycles. The Kier molecular flexibility index (Phi) is 1.92. The van der Waals surface area contributed by atoms with E-state index in [9.17, 15) is 9.59 Å². The van der Waals surface area contributed by atoms with Crippen LogP contribution in [0.1, 0.15) is 11.1 Å². The Morgan fingerprint density at radius 2 is 2.06 bits per heavy atom. The number of rotatable bonds is 0. The lowest BCUT2D eigenvalue weighted by Gasteiger charge is -1.96. The van der Waals surface area contributed by atoms with E-state index in [2.05, 4.69) is 9.97 Å². The smallest absolute Gasteiger partial charge is 0.334 e. The van der Waals surface area contributed by atoms with Gasteiger partial charge in [-0.25, -0.2) is 9.20 Å². The van der Waals surface area contributed by atoms with Gasteiger partial charge in [0.15, 0.2) is 5.56 Å². The van der Waals surface area contributed by atoms with E-state index in [-0.39, 0.29) is 11.2 Å². The standard InChI is InChI=1S/C12H8N4O2/c1-6-2-3-8-9(4-6)16-10(14-8)7(5-13)11(17)15-12(16)18/h2-4,14H,1H3,(H,15,17,18). The van der Waals surface area contributed by atoms with Gasteiger partial charge in [0.25, 0.3) is 5.56 Å². The molecule has 0 aliphatic carbocycles. The van der Waals surface area contributed by atoms with E-state index in [1.54, 1.807) is 6.07 Å². The summed E-state index contributed by atoms with van der Waals surface area (Å²) in [7, 11) is 0. The van der Waals surface area contributed by atoms with Gasteiger partial charge in [0, 0.05) is 0 Å². The van der Waals surface area contributed by atoms with Gasteiger partial charge in [-0.1, -0.05) is 6.07 Å². The topological polar surface area (TPSA) is 93.9 Å². The summed E-state index contributed by atoms with van der Waals surface area (Å²) in [5, 5.41) is 8.98. The van der Waals surface area contributed by atoms with Crippen LogP contribution in [0.3, 0.4) is 0 Å². The Bertz CT molecular complexity index is 937. The van der Waals surface area contributed by atoms with Crippen molar-refractivity contribution in [2.24, 2.45) is 0 Å². The summed E-state index contributed by atoms with van der Waals surface area (Å²) in [6.07, 6.45) is 0. The van der Waals surface area contributed by atoms with Crippen LogP contribution in [0, 0.1) is 18.3 Å². The van der Waals surface area contributed by atoms with Gasteiger partial charge in [-0.2, -0.15) is 5.26 Å². The van der Waals surface area contributed by atoms with E-state index in [4.69, 9.17) is 5.26 Å². The predicted octanol–water partition coefficient (Wildman–Crippen LogP) is 0.649. The molecule has 0 unspecified atom stereocenters. The molecule has 0 amide bonds. The number of H-pyrrole nitrogens is 2. The maximum Gasteiger partial charge on any atom is 0.334 e. The van der Waals surface area contributed by atoms with Gasteiger partial charge < -0.3 is 4.98 Å². The Balaban J connectivity index is 2.72. The third-order valence-electron chi connectivity index (χ3n) is 2.87. The molecule has 0 radical (unpaired) electrons. The summed E-state index contributed by atoms with van der Waals surface area (Å²) in [5.41, 5.74) is 1.24. The third kappa shape index (κ3) is 1.21. The second kappa shape index (κ2) is 3.34. The number of hydrogen-bond donors (Lipinski definition) is 2. The molecule has 3 rings (SSSR count). The molecular weight excluding hydrogens is 232 g/mol. The molecule has 1 aromatic carbocycles. The molecule has 3 aromatic rings. The first-order valence-electron chi connectivity index (χ1n) is 5.29. The van der Waals surface area contributed by atoms with Gasteiger partial charge >= 0.3 is 5.69 Å². The summed E-state index contributed by atoms with van der Waals surface area (Å²) >= 11 is 0. The molecule has 2 aromatic heterocycles. The van der Waals surface area contributed by atoms with E-state index in [1.807, 2.05) is 25.1 Å². The number of nitrogens with zero attached hydrogens (tertiary/aromatic N) is 2. The highest BCUT2D eigenvalue weighted by Gasteiger charge is 2.13. The second-order valence-corrected chi connectivity index (χ2v) is 4.08. The van der Waals surface area contributed by atoms with Crippen LogP contribution in [0.4, 0.5) is 0 Å². The molecule has 6 heteroatoms. The van der Waals surface area contributed by atoms with Crippen LogP contribution >= 0.6 is 0 Å². The summed E-state index contributed by atoms with van der Waals surface area (Å²) < 4.78 is 1.31. The van der Waals surface area contributed by atoms with Crippen molar-refractivity contribution in [3.05, 3.63) is 50.2 Å². The van der Waals surface area contributed by atoms with Gasteiger partial charge in [0.05, 0.1) is 11.0 Å². The average molecular weight is 240 g/mol. The third-order valence-corrected chi connectivity index (χ3v) is 2.87. The maximum absolute atomic E-state index is 11.8. The molecule has 88 valence electrons. The normalized spacial score (nSPS) is 10.9. The summed E-state index contributed by atoms with van der Waals surface area (Å²) in [4.78, 5) is 28.4. The largest absolute Gasteiger partial charge is 0.338 e. The highest BCUT2D eigenvalue weighted by atomic mass is 16.2. The van der Waals surface area contributed by atoms with Crippen molar-refractivity contribution >= 4 is 16.7 Å². The molecule has 0 aliphatic rings. The van der Waals surface area contributed by atoms with Crippen LogP contribution in [0.2, 0.25) is 0 Å². The molecule has 2 heterocycles. The van der Waals surface area contributed by atoms with Gasteiger partial charge in [-0.05, 0) is 24.6 Å². The van der Waals surface area contributed by atoms with E-state index in [0.717, 1.165) is 5.56 Å². The number of nitrogens with one attached hydrogen (secondary N) is 2. The van der Waals surface area contributed by atoms with Crippen LogP contribution < -0.4 is 11.2 Å². The highest BCUT2D eigenvalue weighted by Crippen LogP contribution is 2.16. The summed E-state index contributed by atoms with van der Waals surface area (Å²) in [6, 6.07) is 7.32. The SMILES string of the molecule is Cc1ccc2[nH]c3c(C#N)c(=O)[nH]c(=O)n3c2c1. The Labute approximate surface area is 100 Å². The first kappa shape index (κ1) is 10.4. The zero-order valence-corrected chi connectivity index (χ0v) is 9.44. The molecule has 0 fully saturated rings. The number of aromatic nitrogens is 3. The first-order valence-corrected chi connectivity index (χ1v) is 5.29. The number of imidazole rings is 1. The van der Waals surface area contributed by atoms with Crippen molar-refractivity contribution in [1.29, 1.82) is 5.26 Å². The van der Waals surface area contributed by atoms with Crippen LogP contribution in [-0.4, -0.2) is 14.4 Å².